The lowest BCUT2D eigenvalue weighted by Gasteiger charge is -2.41. The van der Waals surface area contributed by atoms with E-state index in [4.69, 9.17) is 0 Å². The van der Waals surface area contributed by atoms with Gasteiger partial charge in [0.15, 0.2) is 4.21 Å². The largest absolute Gasteiger partial charge is 0.426 e. The Bertz CT molecular complexity index is 766. The van der Waals surface area contributed by atoms with E-state index >= 15 is 0 Å². The highest BCUT2D eigenvalue weighted by atomic mass is 32.2. The van der Waals surface area contributed by atoms with Gasteiger partial charge in [0.1, 0.15) is 0 Å². The summed E-state index contributed by atoms with van der Waals surface area (Å²) in [6.45, 7) is 3.10. The average molecular weight is 440 g/mol. The predicted molar refractivity (Wildman–Crippen MR) is 84.7 cm³/mol. The van der Waals surface area contributed by atoms with Crippen molar-refractivity contribution in [3.8, 4) is 0 Å². The molecule has 0 amide bonds. The Morgan fingerprint density at radius 1 is 1.04 bits per heavy atom. The second kappa shape index (κ2) is 7.16. The van der Waals surface area contributed by atoms with Gasteiger partial charge < -0.3 is 5.11 Å². The Balaban J connectivity index is 2.12. The summed E-state index contributed by atoms with van der Waals surface area (Å²) in [6, 6.07) is -0.821. The second-order valence-corrected chi connectivity index (χ2v) is 9.65. The number of aryl methyl sites for hydroxylation is 2. The lowest BCUT2D eigenvalue weighted by Crippen LogP contribution is -2.62. The number of hydrogen-bond donors (Lipinski definition) is 2. The van der Waals surface area contributed by atoms with Crippen LogP contribution in [0.25, 0.3) is 0 Å². The van der Waals surface area contributed by atoms with E-state index < -0.39 is 52.8 Å². The molecule has 1 heterocycles. The van der Waals surface area contributed by atoms with Crippen molar-refractivity contribution in [2.45, 2.75) is 67.7 Å². The van der Waals surface area contributed by atoms with Gasteiger partial charge in [0.2, 0.25) is 0 Å². The van der Waals surface area contributed by atoms with Crippen LogP contribution in [-0.4, -0.2) is 42.5 Å². The van der Waals surface area contributed by atoms with Crippen LogP contribution in [0.5, 0.6) is 0 Å². The monoisotopic (exact) mass is 440 g/mol. The molecule has 1 aromatic rings. The maximum absolute atomic E-state index is 12.9. The number of aliphatic hydroxyl groups is 1. The second-order valence-electron chi connectivity index (χ2n) is 6.54. The number of aromatic nitrogens is 1. The fourth-order valence-corrected chi connectivity index (χ4v) is 6.09. The minimum Gasteiger partial charge on any atom is -0.373 e. The molecule has 1 aromatic heterocycles. The van der Waals surface area contributed by atoms with Crippen LogP contribution >= 0.6 is 11.3 Å². The molecular formula is C14H18F6N2O3S2. The summed E-state index contributed by atoms with van der Waals surface area (Å²) in [6.07, 6.45) is -13.5. The molecule has 0 atom stereocenters. The molecule has 0 saturated heterocycles. The van der Waals surface area contributed by atoms with Crippen LogP contribution < -0.4 is 4.72 Å². The highest BCUT2D eigenvalue weighted by Crippen LogP contribution is 2.51. The van der Waals surface area contributed by atoms with Crippen molar-refractivity contribution in [3.05, 3.63) is 10.7 Å². The van der Waals surface area contributed by atoms with E-state index in [1.807, 2.05) is 0 Å². The third-order valence-corrected chi connectivity index (χ3v) is 7.81. The normalized spacial score (nSPS) is 22.9. The summed E-state index contributed by atoms with van der Waals surface area (Å²) in [5.74, 6) is -2.09. The number of sulfonamides is 1. The van der Waals surface area contributed by atoms with Crippen LogP contribution in [0.15, 0.2) is 4.21 Å². The van der Waals surface area contributed by atoms with E-state index in [0.29, 0.717) is 5.01 Å². The fraction of sp³-hybridized carbons (Fsp3) is 0.786. The van der Waals surface area contributed by atoms with E-state index in [2.05, 4.69) is 9.71 Å². The number of alkyl halides is 6. The number of nitrogens with zero attached hydrogens (tertiary/aromatic N) is 1. The minimum absolute atomic E-state index is 0.0378. The quantitative estimate of drug-likeness (QED) is 0.703. The van der Waals surface area contributed by atoms with Gasteiger partial charge >= 0.3 is 12.4 Å². The highest BCUT2D eigenvalue weighted by molar-refractivity contribution is 7.91. The topological polar surface area (TPSA) is 79.3 Å². The van der Waals surface area contributed by atoms with Crippen LogP contribution in [0, 0.1) is 19.8 Å². The Morgan fingerprint density at radius 3 is 1.89 bits per heavy atom. The first-order valence-corrected chi connectivity index (χ1v) is 10.2. The van der Waals surface area contributed by atoms with Crippen molar-refractivity contribution < 1.29 is 39.9 Å². The summed E-state index contributed by atoms with van der Waals surface area (Å²) in [5, 5.41) is 9.96. The van der Waals surface area contributed by atoms with Gasteiger partial charge in [0.05, 0.1) is 10.7 Å². The third-order valence-electron chi connectivity index (χ3n) is 4.61. The van der Waals surface area contributed by atoms with Crippen LogP contribution in [0.1, 0.15) is 36.4 Å². The molecule has 0 unspecified atom stereocenters. The number of thiazole rings is 1. The molecular weight excluding hydrogens is 422 g/mol. The Labute approximate surface area is 155 Å². The molecule has 2 N–H and O–H groups in total. The predicted octanol–water partition coefficient (Wildman–Crippen LogP) is 3.45. The summed E-state index contributed by atoms with van der Waals surface area (Å²) in [5.41, 5.74) is -4.54. The first kappa shape index (κ1) is 22.4. The standard InChI is InChI=1S/C14H18F6N2O3S2/c1-7-11(26-8(2)21-7)27(24,25)22-10-5-3-9(4-6-10)12(23,13(15,16)17)14(18,19)20/h9-10,22-23H,3-6H2,1-2H3. The lowest BCUT2D eigenvalue weighted by molar-refractivity contribution is -0.387. The number of halogens is 6. The van der Waals surface area contributed by atoms with Crippen LogP contribution in [0.4, 0.5) is 26.3 Å². The zero-order chi connectivity index (χ0) is 20.8. The van der Waals surface area contributed by atoms with Gasteiger partial charge in [-0.15, -0.1) is 11.3 Å². The van der Waals surface area contributed by atoms with E-state index in [9.17, 15) is 39.9 Å². The first-order valence-electron chi connectivity index (χ1n) is 7.91. The smallest absolute Gasteiger partial charge is 0.373 e. The maximum Gasteiger partial charge on any atom is 0.426 e. The van der Waals surface area contributed by atoms with Crippen LogP contribution in [0.2, 0.25) is 0 Å². The Morgan fingerprint density at radius 2 is 1.52 bits per heavy atom. The maximum atomic E-state index is 12.9. The van der Waals surface area contributed by atoms with Gasteiger partial charge in [-0.3, -0.25) is 0 Å². The van der Waals surface area contributed by atoms with Crippen molar-refractivity contribution >= 4 is 21.4 Å². The van der Waals surface area contributed by atoms with E-state index in [-0.39, 0.29) is 22.7 Å². The molecule has 1 aliphatic rings. The zero-order valence-corrected chi connectivity index (χ0v) is 15.9. The minimum atomic E-state index is -5.88. The van der Waals surface area contributed by atoms with Crippen molar-refractivity contribution in [3.63, 3.8) is 0 Å². The molecule has 0 spiro atoms. The Hall–Kier alpha value is -0.920. The molecule has 1 fully saturated rings. The molecule has 0 aliphatic heterocycles. The Kier molecular flexibility index (Phi) is 5.93. The van der Waals surface area contributed by atoms with Crippen molar-refractivity contribution in [1.82, 2.24) is 9.71 Å². The van der Waals surface area contributed by atoms with Gasteiger partial charge in [0, 0.05) is 12.0 Å². The average Bonchev–Trinajstić information content (AvgIpc) is 2.84. The van der Waals surface area contributed by atoms with Gasteiger partial charge in [-0.2, -0.15) is 26.3 Å². The molecule has 2 rings (SSSR count). The van der Waals surface area contributed by atoms with Crippen LogP contribution in [-0.2, 0) is 10.0 Å². The number of rotatable bonds is 4. The zero-order valence-electron chi connectivity index (χ0n) is 14.3. The lowest BCUT2D eigenvalue weighted by atomic mass is 9.74. The SMILES string of the molecule is Cc1nc(C)c(S(=O)(=O)NC2CCC(C(O)(C(F)(F)F)C(F)(F)F)CC2)s1. The van der Waals surface area contributed by atoms with Crippen LogP contribution in [0.3, 0.4) is 0 Å². The van der Waals surface area contributed by atoms with Gasteiger partial charge in [-0.1, -0.05) is 0 Å². The molecule has 13 heteroatoms. The molecule has 0 radical (unpaired) electrons. The third kappa shape index (κ3) is 4.25. The van der Waals surface area contributed by atoms with Gasteiger partial charge in [-0.25, -0.2) is 18.1 Å². The number of nitrogens with one attached hydrogen (secondary N) is 1. The summed E-state index contributed by atoms with van der Waals surface area (Å²) in [4.78, 5) is 3.99. The molecule has 1 saturated carbocycles. The fourth-order valence-electron chi connectivity index (χ4n) is 3.29. The highest BCUT2D eigenvalue weighted by Gasteiger charge is 2.73. The van der Waals surface area contributed by atoms with E-state index in [1.54, 1.807) is 6.92 Å². The van der Waals surface area contributed by atoms with E-state index in [1.165, 1.54) is 6.92 Å². The number of hydrogen-bond acceptors (Lipinski definition) is 5. The molecule has 27 heavy (non-hydrogen) atoms. The van der Waals surface area contributed by atoms with Crippen molar-refractivity contribution in [2.75, 3.05) is 0 Å². The molecule has 5 nitrogen and oxygen atoms in total. The van der Waals surface area contributed by atoms with Gasteiger partial charge in [0.25, 0.3) is 15.6 Å². The van der Waals surface area contributed by atoms with E-state index in [0.717, 1.165) is 11.3 Å². The molecule has 0 bridgehead atoms. The molecule has 156 valence electrons. The summed E-state index contributed by atoms with van der Waals surface area (Å²) >= 11 is 0.922. The van der Waals surface area contributed by atoms with Crippen molar-refractivity contribution in [2.24, 2.45) is 5.92 Å². The first-order chi connectivity index (χ1) is 12.1. The van der Waals surface area contributed by atoms with Crippen molar-refractivity contribution in [1.29, 1.82) is 0 Å². The molecule has 0 aromatic carbocycles. The van der Waals surface area contributed by atoms with Gasteiger partial charge in [-0.05, 0) is 39.5 Å². The summed E-state index contributed by atoms with van der Waals surface area (Å²) < 4.78 is 105. The summed E-state index contributed by atoms with van der Waals surface area (Å²) in [7, 11) is -3.98. The molecule has 1 aliphatic carbocycles.